The summed E-state index contributed by atoms with van der Waals surface area (Å²) in [6, 6.07) is 0.742. The summed E-state index contributed by atoms with van der Waals surface area (Å²) in [6.07, 6.45) is 4.26. The van der Waals surface area contributed by atoms with E-state index >= 15 is 0 Å². The number of halogens is 1. The maximum absolute atomic E-state index is 11.6. The Kier molecular flexibility index (Phi) is 3.76. The number of urea groups is 1. The van der Waals surface area contributed by atoms with Crippen molar-refractivity contribution in [3.63, 3.8) is 0 Å². The van der Waals surface area contributed by atoms with Crippen LogP contribution < -0.4 is 16.2 Å². The summed E-state index contributed by atoms with van der Waals surface area (Å²) < 4.78 is 0. The van der Waals surface area contributed by atoms with E-state index in [2.05, 4.69) is 25.6 Å². The minimum atomic E-state index is -0.606. The second-order valence-electron chi connectivity index (χ2n) is 3.68. The van der Waals surface area contributed by atoms with Gasteiger partial charge in [-0.05, 0) is 13.0 Å². The average Bonchev–Trinajstić information content (AvgIpc) is 2.37. The molecule has 0 spiro atoms. The van der Waals surface area contributed by atoms with Crippen molar-refractivity contribution < 1.29 is 4.79 Å². The molecule has 0 unspecified atom stereocenters. The number of carbonyl (C=O) groups is 1. The Morgan fingerprint density at radius 2 is 2.11 bits per heavy atom. The molecular formula is C11H10ClN5O2. The van der Waals surface area contributed by atoms with Crippen molar-refractivity contribution in [3.05, 3.63) is 45.7 Å². The number of amides is 2. The normalized spacial score (nSPS) is 10.0. The number of rotatable bonds is 2. The fraction of sp³-hybridized carbons (Fsp3) is 0.0909. The molecule has 8 heteroatoms. The number of anilines is 2. The highest BCUT2D eigenvalue weighted by molar-refractivity contribution is 6.30. The van der Waals surface area contributed by atoms with Crippen molar-refractivity contribution in [1.82, 2.24) is 15.0 Å². The number of pyridine rings is 1. The summed E-state index contributed by atoms with van der Waals surface area (Å²) in [6.45, 7) is 1.78. The molecule has 2 aromatic rings. The lowest BCUT2D eigenvalue weighted by Gasteiger charge is -2.06. The van der Waals surface area contributed by atoms with Gasteiger partial charge in [-0.1, -0.05) is 11.6 Å². The maximum Gasteiger partial charge on any atom is 0.325 e. The molecule has 0 saturated heterocycles. The van der Waals surface area contributed by atoms with Gasteiger partial charge in [0.1, 0.15) is 5.69 Å². The van der Waals surface area contributed by atoms with Crippen LogP contribution in [0.25, 0.3) is 0 Å². The lowest BCUT2D eigenvalue weighted by molar-refractivity contribution is 0.262. The first-order chi connectivity index (χ1) is 9.04. The molecule has 0 radical (unpaired) electrons. The van der Waals surface area contributed by atoms with E-state index in [0.717, 1.165) is 5.69 Å². The minimum Gasteiger partial charge on any atom is -0.326 e. The van der Waals surface area contributed by atoms with Gasteiger partial charge in [0, 0.05) is 6.20 Å². The zero-order valence-electron chi connectivity index (χ0n) is 9.90. The van der Waals surface area contributed by atoms with Gasteiger partial charge in [-0.3, -0.25) is 15.1 Å². The molecule has 2 aromatic heterocycles. The Morgan fingerprint density at radius 1 is 1.32 bits per heavy atom. The first kappa shape index (κ1) is 13.0. The van der Waals surface area contributed by atoms with E-state index in [0.29, 0.717) is 5.02 Å². The lowest BCUT2D eigenvalue weighted by Crippen LogP contribution is -2.24. The van der Waals surface area contributed by atoms with Gasteiger partial charge in [0.2, 0.25) is 0 Å². The van der Waals surface area contributed by atoms with E-state index in [1.807, 2.05) is 0 Å². The fourth-order valence-electron chi connectivity index (χ4n) is 1.28. The van der Waals surface area contributed by atoms with Crippen molar-refractivity contribution >= 4 is 29.1 Å². The monoisotopic (exact) mass is 279 g/mol. The topological polar surface area (TPSA) is 99.8 Å². The van der Waals surface area contributed by atoms with Gasteiger partial charge in [0.15, 0.2) is 5.82 Å². The van der Waals surface area contributed by atoms with E-state index in [1.54, 1.807) is 6.92 Å². The molecule has 0 aliphatic heterocycles. The number of hydrogen-bond donors (Lipinski definition) is 3. The van der Waals surface area contributed by atoms with Crippen LogP contribution >= 0.6 is 11.6 Å². The molecule has 2 rings (SSSR count). The number of nitrogens with zero attached hydrogens (tertiary/aromatic N) is 2. The largest absolute Gasteiger partial charge is 0.326 e. The highest BCUT2D eigenvalue weighted by atomic mass is 35.5. The number of aromatic amines is 1. The molecule has 0 fully saturated rings. The molecule has 0 bridgehead atoms. The Labute approximate surface area is 113 Å². The van der Waals surface area contributed by atoms with E-state index < -0.39 is 11.6 Å². The second-order valence-corrected chi connectivity index (χ2v) is 4.12. The molecule has 0 aliphatic rings. The molecule has 7 nitrogen and oxygen atoms in total. The van der Waals surface area contributed by atoms with Crippen molar-refractivity contribution in [2.24, 2.45) is 0 Å². The first-order valence-electron chi connectivity index (χ1n) is 5.29. The minimum absolute atomic E-state index is 0.0464. The van der Waals surface area contributed by atoms with Gasteiger partial charge in [0.05, 0.1) is 23.1 Å². The number of H-pyrrole nitrogens is 1. The van der Waals surface area contributed by atoms with Crippen molar-refractivity contribution in [1.29, 1.82) is 0 Å². The van der Waals surface area contributed by atoms with Crippen LogP contribution in [-0.4, -0.2) is 21.0 Å². The average molecular weight is 280 g/mol. The molecular weight excluding hydrogens is 270 g/mol. The summed E-state index contributed by atoms with van der Waals surface area (Å²) in [5.41, 5.74) is 0.330. The molecule has 2 amide bonds. The quantitative estimate of drug-likeness (QED) is 0.780. The molecule has 19 heavy (non-hydrogen) atoms. The summed E-state index contributed by atoms with van der Waals surface area (Å²) >= 11 is 5.71. The summed E-state index contributed by atoms with van der Waals surface area (Å²) in [7, 11) is 0. The molecule has 0 saturated carbocycles. The zero-order valence-corrected chi connectivity index (χ0v) is 10.7. The van der Waals surface area contributed by atoms with Crippen molar-refractivity contribution in [2.45, 2.75) is 6.92 Å². The first-order valence-corrected chi connectivity index (χ1v) is 5.67. The summed E-state index contributed by atoms with van der Waals surface area (Å²) in [5, 5.41) is 5.12. The van der Waals surface area contributed by atoms with Gasteiger partial charge in [-0.2, -0.15) is 0 Å². The Hall–Kier alpha value is -2.41. The highest BCUT2D eigenvalue weighted by Crippen LogP contribution is 2.09. The second kappa shape index (κ2) is 5.49. The Bertz CT molecular complexity index is 653. The molecule has 98 valence electrons. The van der Waals surface area contributed by atoms with Crippen LogP contribution in [0, 0.1) is 6.92 Å². The van der Waals surface area contributed by atoms with Crippen LogP contribution in [0.3, 0.4) is 0 Å². The van der Waals surface area contributed by atoms with Gasteiger partial charge >= 0.3 is 6.03 Å². The van der Waals surface area contributed by atoms with Gasteiger partial charge in [-0.25, -0.2) is 9.78 Å². The zero-order chi connectivity index (χ0) is 13.8. The molecule has 0 aliphatic carbocycles. The molecule has 3 N–H and O–H groups in total. The van der Waals surface area contributed by atoms with Crippen LogP contribution in [-0.2, 0) is 0 Å². The summed E-state index contributed by atoms with van der Waals surface area (Å²) in [4.78, 5) is 33.4. The predicted molar refractivity (Wildman–Crippen MR) is 71.5 cm³/mol. The van der Waals surface area contributed by atoms with Crippen LogP contribution in [0.2, 0.25) is 5.02 Å². The lowest BCUT2D eigenvalue weighted by atomic mass is 10.4. The van der Waals surface area contributed by atoms with E-state index in [1.165, 1.54) is 24.7 Å². The standard InChI is InChI=1S/C11H10ClN5O2/c1-6-3-14-9(5-13-6)17-11(19)16-8-2-7(12)4-15-10(8)18/h2-5H,1H3,(H,15,18)(H2,14,16,17,19). The number of carbonyl (C=O) groups excluding carboxylic acids is 1. The molecule has 2 heterocycles. The third-order valence-corrected chi connectivity index (χ3v) is 2.36. The van der Waals surface area contributed by atoms with Crippen LogP contribution in [0.1, 0.15) is 5.69 Å². The third kappa shape index (κ3) is 3.52. The smallest absolute Gasteiger partial charge is 0.325 e. The Balaban J connectivity index is 2.07. The molecule has 0 atom stereocenters. The van der Waals surface area contributed by atoms with Gasteiger partial charge < -0.3 is 10.3 Å². The van der Waals surface area contributed by atoms with Gasteiger partial charge in [0.25, 0.3) is 5.56 Å². The van der Waals surface area contributed by atoms with Gasteiger partial charge in [-0.15, -0.1) is 0 Å². The van der Waals surface area contributed by atoms with E-state index in [9.17, 15) is 9.59 Å². The van der Waals surface area contributed by atoms with Crippen LogP contribution in [0.4, 0.5) is 16.3 Å². The summed E-state index contributed by atoms with van der Waals surface area (Å²) in [5.74, 6) is 0.279. The number of aryl methyl sites for hydroxylation is 1. The van der Waals surface area contributed by atoms with Crippen molar-refractivity contribution in [3.8, 4) is 0 Å². The number of nitrogens with one attached hydrogen (secondary N) is 3. The molecule has 0 aromatic carbocycles. The number of aromatic nitrogens is 3. The maximum atomic E-state index is 11.6. The van der Waals surface area contributed by atoms with E-state index in [-0.39, 0.29) is 11.5 Å². The number of hydrogen-bond acceptors (Lipinski definition) is 4. The van der Waals surface area contributed by atoms with E-state index in [4.69, 9.17) is 11.6 Å². The van der Waals surface area contributed by atoms with Crippen LogP contribution in [0.5, 0.6) is 0 Å². The van der Waals surface area contributed by atoms with Crippen LogP contribution in [0.15, 0.2) is 29.5 Å². The Morgan fingerprint density at radius 3 is 2.79 bits per heavy atom. The third-order valence-electron chi connectivity index (χ3n) is 2.14. The predicted octanol–water partition coefficient (Wildman–Crippen LogP) is 1.77. The SMILES string of the molecule is Cc1cnc(NC(=O)Nc2cc(Cl)c[nH]c2=O)cn1. The fourth-order valence-corrected chi connectivity index (χ4v) is 1.44. The highest BCUT2D eigenvalue weighted by Gasteiger charge is 2.07. The van der Waals surface area contributed by atoms with Crippen molar-refractivity contribution in [2.75, 3.05) is 10.6 Å².